The van der Waals surface area contributed by atoms with Crippen LogP contribution in [0.4, 0.5) is 0 Å². The van der Waals surface area contributed by atoms with Crippen molar-refractivity contribution in [1.29, 1.82) is 0 Å². The highest BCUT2D eigenvalue weighted by molar-refractivity contribution is 5.99. The van der Waals surface area contributed by atoms with Crippen molar-refractivity contribution in [2.75, 3.05) is 13.2 Å². The molecule has 1 unspecified atom stereocenters. The number of Topliss-reactive ketones (excluding diaryl/α,β-unsaturated/α-hetero) is 1. The molecule has 7 nitrogen and oxygen atoms in total. The van der Waals surface area contributed by atoms with Crippen molar-refractivity contribution in [2.45, 2.75) is 52.5 Å². The van der Waals surface area contributed by atoms with Gasteiger partial charge >= 0.3 is 5.97 Å². The third kappa shape index (κ3) is 4.39. The van der Waals surface area contributed by atoms with E-state index in [-0.39, 0.29) is 18.3 Å². The molecule has 7 heteroatoms. The molecule has 0 aliphatic carbocycles. The van der Waals surface area contributed by atoms with Crippen LogP contribution in [0.3, 0.4) is 0 Å². The minimum absolute atomic E-state index is 0.0304. The van der Waals surface area contributed by atoms with Gasteiger partial charge in [-0.05, 0) is 51.3 Å². The van der Waals surface area contributed by atoms with Crippen LogP contribution >= 0.6 is 0 Å². The highest BCUT2D eigenvalue weighted by atomic mass is 16.5. The summed E-state index contributed by atoms with van der Waals surface area (Å²) in [5.41, 5.74) is 2.14. The highest BCUT2D eigenvalue weighted by Crippen LogP contribution is 2.22. The summed E-state index contributed by atoms with van der Waals surface area (Å²) in [6.45, 7) is 5.91. The zero-order chi connectivity index (χ0) is 21.0. The Balaban J connectivity index is 1.67. The lowest BCUT2D eigenvalue weighted by atomic mass is 10.1. The molecule has 1 fully saturated rings. The first-order valence-electron chi connectivity index (χ1n) is 10.0. The van der Waals surface area contributed by atoms with Crippen LogP contribution in [-0.2, 0) is 14.3 Å². The van der Waals surface area contributed by atoms with Crippen LogP contribution in [0.15, 0.2) is 30.5 Å². The van der Waals surface area contributed by atoms with Crippen LogP contribution in [0.1, 0.15) is 54.4 Å². The zero-order valence-electron chi connectivity index (χ0n) is 17.2. The van der Waals surface area contributed by atoms with Crippen LogP contribution < -0.4 is 0 Å². The summed E-state index contributed by atoms with van der Waals surface area (Å²) in [5.74, 6) is -0.0661. The molecule has 3 heterocycles. The molecule has 29 heavy (non-hydrogen) atoms. The average molecular weight is 397 g/mol. The lowest BCUT2D eigenvalue weighted by molar-refractivity contribution is -0.152. The summed E-state index contributed by atoms with van der Waals surface area (Å²) in [6.07, 6.45) is 4.21. The van der Waals surface area contributed by atoms with Crippen LogP contribution in [0.25, 0.3) is 5.82 Å². The van der Waals surface area contributed by atoms with Gasteiger partial charge in [0.25, 0.3) is 0 Å². The summed E-state index contributed by atoms with van der Waals surface area (Å²) < 4.78 is 7.20. The molecule has 0 radical (unpaired) electrons. The van der Waals surface area contributed by atoms with Crippen molar-refractivity contribution in [3.63, 3.8) is 0 Å². The molecule has 1 amide bonds. The average Bonchev–Trinajstić information content (AvgIpc) is 3.31. The molecular formula is C22H27N3O4. The number of hydrogen-bond acceptors (Lipinski definition) is 5. The second-order valence-electron chi connectivity index (χ2n) is 7.33. The molecule has 2 aromatic heterocycles. The van der Waals surface area contributed by atoms with E-state index in [0.29, 0.717) is 24.9 Å². The van der Waals surface area contributed by atoms with Gasteiger partial charge in [-0.25, -0.2) is 9.78 Å². The van der Waals surface area contributed by atoms with Crippen molar-refractivity contribution in [2.24, 2.45) is 0 Å². The summed E-state index contributed by atoms with van der Waals surface area (Å²) in [7, 11) is 0. The largest absolute Gasteiger partial charge is 0.456 e. The molecule has 0 aromatic carbocycles. The topological polar surface area (TPSA) is 81.5 Å². The van der Waals surface area contributed by atoms with E-state index in [1.54, 1.807) is 17.2 Å². The number of nitrogens with zero attached hydrogens (tertiary/aromatic N) is 3. The first-order valence-corrected chi connectivity index (χ1v) is 10.0. The Morgan fingerprint density at radius 3 is 2.72 bits per heavy atom. The fourth-order valence-electron chi connectivity index (χ4n) is 3.86. The van der Waals surface area contributed by atoms with Gasteiger partial charge in [0.2, 0.25) is 11.7 Å². The van der Waals surface area contributed by atoms with Gasteiger partial charge in [-0.3, -0.25) is 9.59 Å². The minimum atomic E-state index is -0.581. The van der Waals surface area contributed by atoms with Crippen molar-refractivity contribution in [3.05, 3.63) is 47.4 Å². The lowest BCUT2D eigenvalue weighted by Gasteiger charge is -2.23. The molecule has 0 N–H and O–H groups in total. The van der Waals surface area contributed by atoms with E-state index in [9.17, 15) is 14.4 Å². The smallest absolute Gasteiger partial charge is 0.329 e. The molecule has 1 aliphatic heterocycles. The molecule has 0 saturated carbocycles. The monoisotopic (exact) mass is 397 g/mol. The second kappa shape index (κ2) is 9.03. The third-order valence-corrected chi connectivity index (χ3v) is 5.26. The number of rotatable bonds is 7. The quantitative estimate of drug-likeness (QED) is 0.530. The molecule has 1 saturated heterocycles. The van der Waals surface area contributed by atoms with E-state index in [1.807, 2.05) is 43.5 Å². The standard InChI is InChI=1S/C22H27N3O4/c1-4-8-21(27)24-12-7-9-18(24)22(28)29-14-19(26)17-13-15(2)25(16(17)3)20-10-5-6-11-23-20/h5-6,10-11,13,18H,4,7-9,12,14H2,1-3H3. The number of esters is 1. The van der Waals surface area contributed by atoms with Gasteiger partial charge < -0.3 is 14.2 Å². The highest BCUT2D eigenvalue weighted by Gasteiger charge is 2.35. The Hall–Kier alpha value is -2.96. The molecule has 154 valence electrons. The van der Waals surface area contributed by atoms with Crippen LogP contribution in [-0.4, -0.2) is 51.3 Å². The lowest BCUT2D eigenvalue weighted by Crippen LogP contribution is -2.41. The van der Waals surface area contributed by atoms with Gasteiger partial charge in [-0.15, -0.1) is 0 Å². The van der Waals surface area contributed by atoms with Crippen LogP contribution in [0, 0.1) is 13.8 Å². The summed E-state index contributed by atoms with van der Waals surface area (Å²) >= 11 is 0. The molecule has 2 aromatic rings. The van der Waals surface area contributed by atoms with Crippen molar-refractivity contribution >= 4 is 17.7 Å². The first-order chi connectivity index (χ1) is 13.9. The van der Waals surface area contributed by atoms with Crippen LogP contribution in [0.5, 0.6) is 0 Å². The molecule has 1 atom stereocenters. The summed E-state index contributed by atoms with van der Waals surface area (Å²) in [4.78, 5) is 43.3. The predicted molar refractivity (Wildman–Crippen MR) is 108 cm³/mol. The normalized spacial score (nSPS) is 16.1. The zero-order valence-corrected chi connectivity index (χ0v) is 17.2. The molecule has 0 spiro atoms. The number of carbonyl (C=O) groups is 3. The Morgan fingerprint density at radius 2 is 2.03 bits per heavy atom. The summed E-state index contributed by atoms with van der Waals surface area (Å²) in [6, 6.07) is 6.80. The van der Waals surface area contributed by atoms with E-state index in [4.69, 9.17) is 4.74 Å². The van der Waals surface area contributed by atoms with Gasteiger partial charge in [-0.1, -0.05) is 13.0 Å². The van der Waals surface area contributed by atoms with Gasteiger partial charge in [0.05, 0.1) is 0 Å². The Bertz CT molecular complexity index is 904. The molecule has 3 rings (SSSR count). The summed E-state index contributed by atoms with van der Waals surface area (Å²) in [5, 5.41) is 0. The number of aromatic nitrogens is 2. The number of pyridine rings is 1. The minimum Gasteiger partial charge on any atom is -0.456 e. The van der Waals surface area contributed by atoms with E-state index < -0.39 is 12.0 Å². The number of ketones is 1. The van der Waals surface area contributed by atoms with Gasteiger partial charge in [0.1, 0.15) is 11.9 Å². The molecular weight excluding hydrogens is 370 g/mol. The maximum Gasteiger partial charge on any atom is 0.329 e. The van der Waals surface area contributed by atoms with Crippen LogP contribution in [0.2, 0.25) is 0 Å². The van der Waals surface area contributed by atoms with Crippen molar-refractivity contribution in [3.8, 4) is 5.82 Å². The number of ether oxygens (including phenoxy) is 1. The Kier molecular flexibility index (Phi) is 6.46. The number of likely N-dealkylation sites (tertiary alicyclic amines) is 1. The first kappa shape index (κ1) is 20.8. The predicted octanol–water partition coefficient (Wildman–Crippen LogP) is 3.01. The van der Waals surface area contributed by atoms with Gasteiger partial charge in [-0.2, -0.15) is 0 Å². The number of aryl methyl sites for hydroxylation is 1. The molecule has 0 bridgehead atoms. The van der Waals surface area contributed by atoms with E-state index in [1.165, 1.54) is 0 Å². The van der Waals surface area contributed by atoms with E-state index >= 15 is 0 Å². The number of carbonyl (C=O) groups excluding carboxylic acids is 3. The van der Waals surface area contributed by atoms with Gasteiger partial charge in [0, 0.05) is 36.1 Å². The maximum atomic E-state index is 12.7. The third-order valence-electron chi connectivity index (χ3n) is 5.26. The van der Waals surface area contributed by atoms with Crippen molar-refractivity contribution < 1.29 is 19.1 Å². The van der Waals surface area contributed by atoms with E-state index in [2.05, 4.69) is 4.98 Å². The Labute approximate surface area is 170 Å². The molecule has 1 aliphatic rings. The fraction of sp³-hybridized carbons (Fsp3) is 0.455. The van der Waals surface area contributed by atoms with Crippen molar-refractivity contribution in [1.82, 2.24) is 14.5 Å². The van der Waals surface area contributed by atoms with Gasteiger partial charge in [0.15, 0.2) is 6.61 Å². The van der Waals surface area contributed by atoms with E-state index in [0.717, 1.165) is 30.0 Å². The Morgan fingerprint density at radius 1 is 1.24 bits per heavy atom. The maximum absolute atomic E-state index is 12.7. The number of amides is 1. The second-order valence-corrected chi connectivity index (χ2v) is 7.33. The fourth-order valence-corrected chi connectivity index (χ4v) is 3.86. The number of hydrogen-bond donors (Lipinski definition) is 0. The SMILES string of the molecule is CCCC(=O)N1CCCC1C(=O)OCC(=O)c1cc(C)n(-c2ccccn2)c1C.